The summed E-state index contributed by atoms with van der Waals surface area (Å²) in [5, 5.41) is -1.24. The molecule has 0 atom stereocenters. The van der Waals surface area contributed by atoms with Gasteiger partial charge in [0.05, 0.1) is 3.57 Å². The Morgan fingerprint density at radius 2 is 2.06 bits per heavy atom. The Hall–Kier alpha value is -0.770. The zero-order valence-corrected chi connectivity index (χ0v) is 10.1. The van der Waals surface area contributed by atoms with E-state index in [0.717, 1.165) is 6.20 Å². The molecule has 1 rings (SSSR count). The maximum Gasteiger partial charge on any atom is 0.573 e. The normalized spacial score (nSPS) is 11.3. The Labute approximate surface area is 105 Å². The van der Waals surface area contributed by atoms with E-state index in [4.69, 9.17) is 11.6 Å². The van der Waals surface area contributed by atoms with E-state index in [-0.39, 0.29) is 3.57 Å². The molecule has 0 saturated carbocycles. The number of halogens is 5. The molecule has 1 heterocycles. The average Bonchev–Trinajstić information content (AvgIpc) is 2.10. The monoisotopic (exact) mass is 367 g/mol. The minimum absolute atomic E-state index is 0.0569. The molecule has 4 nitrogen and oxygen atoms in total. The van der Waals surface area contributed by atoms with Gasteiger partial charge in [-0.3, -0.25) is 9.59 Å². The van der Waals surface area contributed by atoms with Crippen LogP contribution in [0.1, 0.15) is 10.5 Å². The largest absolute Gasteiger partial charge is 0.573 e. The topological polar surface area (TPSA) is 59.2 Å². The molecular formula is C7H2ClF3INO3. The molecule has 0 bridgehead atoms. The molecule has 16 heavy (non-hydrogen) atoms. The molecule has 0 aromatic carbocycles. The standard InChI is InChI=1S/C7H2ClF3INO3/c8-6(15)3-5(16-7(9,10)11)4(14)2(12)1-13-3/h1H,(H,13,14). The third-order valence-corrected chi connectivity index (χ3v) is 2.40. The third-order valence-electron chi connectivity index (χ3n) is 1.41. The zero-order valence-electron chi connectivity index (χ0n) is 7.19. The van der Waals surface area contributed by atoms with Crippen molar-refractivity contribution in [1.29, 1.82) is 0 Å². The van der Waals surface area contributed by atoms with Gasteiger partial charge >= 0.3 is 6.36 Å². The van der Waals surface area contributed by atoms with Crippen LogP contribution in [-0.4, -0.2) is 16.6 Å². The Morgan fingerprint density at radius 1 is 1.50 bits per heavy atom. The van der Waals surface area contributed by atoms with Gasteiger partial charge in [-0.2, -0.15) is 0 Å². The number of hydrogen-bond donors (Lipinski definition) is 1. The SMILES string of the molecule is O=C(Cl)c1[nH]cc(I)c(=O)c1OC(F)(F)F. The first-order valence-electron chi connectivity index (χ1n) is 3.59. The van der Waals surface area contributed by atoms with Crippen LogP contribution in [0, 0.1) is 3.57 Å². The maximum absolute atomic E-state index is 12.0. The molecule has 1 aromatic rings. The number of pyridine rings is 1. The summed E-state index contributed by atoms with van der Waals surface area (Å²) >= 11 is 6.50. The Bertz CT molecular complexity index is 485. The fourth-order valence-corrected chi connectivity index (χ4v) is 1.39. The van der Waals surface area contributed by atoms with Crippen molar-refractivity contribution in [2.24, 2.45) is 0 Å². The van der Waals surface area contributed by atoms with E-state index >= 15 is 0 Å². The van der Waals surface area contributed by atoms with E-state index in [1.807, 2.05) is 0 Å². The van der Waals surface area contributed by atoms with Crippen LogP contribution in [0.5, 0.6) is 5.75 Å². The number of ether oxygens (including phenoxy) is 1. The van der Waals surface area contributed by atoms with Crippen LogP contribution in [0.2, 0.25) is 0 Å². The zero-order chi connectivity index (χ0) is 12.5. The van der Waals surface area contributed by atoms with Gasteiger partial charge in [-0.25, -0.2) is 0 Å². The molecule has 0 fully saturated rings. The van der Waals surface area contributed by atoms with Crippen LogP contribution < -0.4 is 10.2 Å². The van der Waals surface area contributed by atoms with Crippen molar-refractivity contribution in [1.82, 2.24) is 4.98 Å². The summed E-state index contributed by atoms with van der Waals surface area (Å²) in [6, 6.07) is 0. The minimum Gasteiger partial charge on any atom is -0.399 e. The lowest BCUT2D eigenvalue weighted by atomic mass is 10.3. The van der Waals surface area contributed by atoms with Gasteiger partial charge in [-0.1, -0.05) is 0 Å². The number of nitrogens with one attached hydrogen (secondary N) is 1. The summed E-state index contributed by atoms with van der Waals surface area (Å²) in [7, 11) is 0. The van der Waals surface area contributed by atoms with Gasteiger partial charge in [0.2, 0.25) is 11.2 Å². The predicted octanol–water partition coefficient (Wildman–Crippen LogP) is 2.26. The number of aromatic amines is 1. The molecule has 0 amide bonds. The molecule has 0 radical (unpaired) electrons. The van der Waals surface area contributed by atoms with Gasteiger partial charge in [-0.05, 0) is 34.2 Å². The van der Waals surface area contributed by atoms with E-state index in [9.17, 15) is 22.8 Å². The summed E-state index contributed by atoms with van der Waals surface area (Å²) < 4.78 is 39.3. The van der Waals surface area contributed by atoms with Crippen molar-refractivity contribution in [3.8, 4) is 5.75 Å². The number of rotatable bonds is 2. The van der Waals surface area contributed by atoms with Crippen molar-refractivity contribution in [3.63, 3.8) is 0 Å². The van der Waals surface area contributed by atoms with Crippen LogP contribution in [0.25, 0.3) is 0 Å². The van der Waals surface area contributed by atoms with Crippen molar-refractivity contribution in [3.05, 3.63) is 25.7 Å². The number of alkyl halides is 3. The highest BCUT2D eigenvalue weighted by molar-refractivity contribution is 14.1. The van der Waals surface area contributed by atoms with Crippen LogP contribution >= 0.6 is 34.2 Å². The molecule has 9 heteroatoms. The Kier molecular flexibility index (Phi) is 3.84. The highest BCUT2D eigenvalue weighted by Gasteiger charge is 2.34. The number of H-pyrrole nitrogens is 1. The van der Waals surface area contributed by atoms with E-state index in [1.54, 1.807) is 0 Å². The van der Waals surface area contributed by atoms with Crippen molar-refractivity contribution in [2.75, 3.05) is 0 Å². The number of hydrogen-bond acceptors (Lipinski definition) is 3. The first-order chi connectivity index (χ1) is 7.22. The second kappa shape index (κ2) is 4.62. The summed E-state index contributed by atoms with van der Waals surface area (Å²) in [6.45, 7) is 0. The molecule has 0 aliphatic rings. The van der Waals surface area contributed by atoms with Crippen molar-refractivity contribution >= 4 is 39.4 Å². The molecule has 0 aliphatic carbocycles. The minimum atomic E-state index is -5.07. The molecular weight excluding hydrogens is 365 g/mol. The first-order valence-corrected chi connectivity index (χ1v) is 5.05. The number of carbonyl (C=O) groups is 1. The first kappa shape index (κ1) is 13.3. The second-order valence-corrected chi connectivity index (χ2v) is 4.00. The quantitative estimate of drug-likeness (QED) is 0.644. The van der Waals surface area contributed by atoms with Crippen LogP contribution in [0.15, 0.2) is 11.0 Å². The van der Waals surface area contributed by atoms with Gasteiger partial charge in [0.1, 0.15) is 5.69 Å². The number of carbonyl (C=O) groups excluding carboxylic acids is 1. The van der Waals surface area contributed by atoms with Gasteiger partial charge in [0.25, 0.3) is 5.24 Å². The summed E-state index contributed by atoms with van der Waals surface area (Å²) in [5.41, 5.74) is -1.79. The lowest BCUT2D eigenvalue weighted by Gasteiger charge is -2.10. The fourth-order valence-electron chi connectivity index (χ4n) is 0.848. The fraction of sp³-hybridized carbons (Fsp3) is 0.143. The highest BCUT2D eigenvalue weighted by atomic mass is 127. The van der Waals surface area contributed by atoms with Crippen molar-refractivity contribution < 1.29 is 22.7 Å². The summed E-state index contributed by atoms with van der Waals surface area (Å²) in [5.74, 6) is -1.15. The van der Waals surface area contributed by atoms with E-state index < -0.39 is 28.5 Å². The van der Waals surface area contributed by atoms with E-state index in [0.29, 0.717) is 0 Å². The molecule has 0 spiro atoms. The smallest absolute Gasteiger partial charge is 0.399 e. The van der Waals surface area contributed by atoms with Gasteiger partial charge in [0.15, 0.2) is 0 Å². The lowest BCUT2D eigenvalue weighted by molar-refractivity contribution is -0.275. The molecule has 0 aliphatic heterocycles. The van der Waals surface area contributed by atoms with Crippen LogP contribution in [-0.2, 0) is 0 Å². The molecule has 1 aromatic heterocycles. The van der Waals surface area contributed by atoms with Gasteiger partial charge in [-0.15, -0.1) is 13.2 Å². The summed E-state index contributed by atoms with van der Waals surface area (Å²) in [6.07, 6.45) is -4.01. The Balaban J connectivity index is 3.38. The van der Waals surface area contributed by atoms with Gasteiger partial charge in [0, 0.05) is 6.20 Å². The molecule has 0 saturated heterocycles. The molecule has 0 unspecified atom stereocenters. The molecule has 88 valence electrons. The second-order valence-electron chi connectivity index (χ2n) is 2.49. The molecule has 1 N–H and O–H groups in total. The predicted molar refractivity (Wildman–Crippen MR) is 56.6 cm³/mol. The van der Waals surface area contributed by atoms with E-state index in [1.165, 1.54) is 22.6 Å². The Morgan fingerprint density at radius 3 is 2.50 bits per heavy atom. The highest BCUT2D eigenvalue weighted by Crippen LogP contribution is 2.23. The maximum atomic E-state index is 12.0. The van der Waals surface area contributed by atoms with Crippen molar-refractivity contribution in [2.45, 2.75) is 6.36 Å². The van der Waals surface area contributed by atoms with Gasteiger partial charge < -0.3 is 9.72 Å². The lowest BCUT2D eigenvalue weighted by Crippen LogP contribution is -2.25. The van der Waals surface area contributed by atoms with Crippen LogP contribution in [0.4, 0.5) is 13.2 Å². The average molecular weight is 367 g/mol. The van der Waals surface area contributed by atoms with E-state index in [2.05, 4.69) is 9.72 Å². The summed E-state index contributed by atoms with van der Waals surface area (Å²) in [4.78, 5) is 24.2. The van der Waals surface area contributed by atoms with Crippen LogP contribution in [0.3, 0.4) is 0 Å². The number of aromatic nitrogens is 1. The third kappa shape index (κ3) is 3.11.